The van der Waals surface area contributed by atoms with Crippen LogP contribution < -0.4 is 10.5 Å². The molecule has 2 N–H and O–H groups in total. The van der Waals surface area contributed by atoms with E-state index in [9.17, 15) is 0 Å². The van der Waals surface area contributed by atoms with E-state index in [4.69, 9.17) is 22.1 Å². The maximum absolute atomic E-state index is 6.06. The maximum atomic E-state index is 6.06. The lowest BCUT2D eigenvalue weighted by molar-refractivity contribution is 0.415. The third-order valence-electron chi connectivity index (χ3n) is 2.63. The number of hydrogen-bond donors (Lipinski definition) is 1. The quantitative estimate of drug-likeness (QED) is 0.894. The third kappa shape index (κ3) is 1.74. The molecule has 0 bridgehead atoms. The molecule has 1 aromatic carbocycles. The molecular weight excluding hydrogens is 226 g/mol. The zero-order valence-corrected chi connectivity index (χ0v) is 10.0. The van der Waals surface area contributed by atoms with E-state index in [1.807, 2.05) is 29.8 Å². The molecule has 0 spiro atoms. The van der Waals surface area contributed by atoms with Crippen molar-refractivity contribution in [2.45, 2.75) is 13.0 Å². The SMILES string of the molecule is COc1ccc2c(Cl)nn(C(C)CN)c2c1. The maximum Gasteiger partial charge on any atom is 0.158 e. The van der Waals surface area contributed by atoms with Gasteiger partial charge in [0.2, 0.25) is 0 Å². The highest BCUT2D eigenvalue weighted by Gasteiger charge is 2.13. The summed E-state index contributed by atoms with van der Waals surface area (Å²) in [4.78, 5) is 0. The van der Waals surface area contributed by atoms with Crippen LogP contribution in [0, 0.1) is 0 Å². The number of ether oxygens (including phenoxy) is 1. The van der Waals surface area contributed by atoms with Crippen molar-refractivity contribution >= 4 is 22.5 Å². The van der Waals surface area contributed by atoms with Crippen molar-refractivity contribution in [2.24, 2.45) is 5.73 Å². The number of methoxy groups -OCH3 is 1. The van der Waals surface area contributed by atoms with Gasteiger partial charge in [0.1, 0.15) is 5.75 Å². The predicted octanol–water partition coefficient (Wildman–Crippen LogP) is 2.22. The number of benzene rings is 1. The van der Waals surface area contributed by atoms with E-state index in [1.165, 1.54) is 0 Å². The van der Waals surface area contributed by atoms with E-state index >= 15 is 0 Å². The van der Waals surface area contributed by atoms with E-state index < -0.39 is 0 Å². The lowest BCUT2D eigenvalue weighted by Crippen LogP contribution is -2.16. The van der Waals surface area contributed by atoms with Gasteiger partial charge in [-0.05, 0) is 19.1 Å². The third-order valence-corrected chi connectivity index (χ3v) is 2.91. The summed E-state index contributed by atoms with van der Waals surface area (Å²) in [6.07, 6.45) is 0. The molecule has 1 heterocycles. The normalized spacial score (nSPS) is 13.0. The number of fused-ring (bicyclic) bond motifs is 1. The van der Waals surface area contributed by atoms with Gasteiger partial charge in [0.05, 0.1) is 18.7 Å². The summed E-state index contributed by atoms with van der Waals surface area (Å²) in [5.41, 5.74) is 6.59. The minimum atomic E-state index is 0.113. The Kier molecular flexibility index (Phi) is 3.03. The van der Waals surface area contributed by atoms with E-state index in [-0.39, 0.29) is 6.04 Å². The highest BCUT2D eigenvalue weighted by Crippen LogP contribution is 2.28. The zero-order chi connectivity index (χ0) is 11.7. The fourth-order valence-electron chi connectivity index (χ4n) is 1.64. The van der Waals surface area contributed by atoms with E-state index in [2.05, 4.69) is 5.10 Å². The standard InChI is InChI=1S/C11H14ClN3O/c1-7(6-13)15-10-5-8(16-2)3-4-9(10)11(12)14-15/h3-5,7H,6,13H2,1-2H3. The zero-order valence-electron chi connectivity index (χ0n) is 9.27. The summed E-state index contributed by atoms with van der Waals surface area (Å²) in [7, 11) is 1.63. The fourth-order valence-corrected chi connectivity index (χ4v) is 1.88. The van der Waals surface area contributed by atoms with Gasteiger partial charge in [0.15, 0.2) is 5.15 Å². The van der Waals surface area contributed by atoms with Crippen molar-refractivity contribution in [1.29, 1.82) is 0 Å². The summed E-state index contributed by atoms with van der Waals surface area (Å²) >= 11 is 6.06. The first-order valence-electron chi connectivity index (χ1n) is 5.09. The molecule has 1 aromatic heterocycles. The summed E-state index contributed by atoms with van der Waals surface area (Å²) < 4.78 is 7.02. The molecule has 0 aliphatic heterocycles. The molecule has 2 rings (SSSR count). The van der Waals surface area contributed by atoms with Crippen molar-refractivity contribution in [3.8, 4) is 5.75 Å². The van der Waals surface area contributed by atoms with Crippen LogP contribution in [0.2, 0.25) is 5.15 Å². The van der Waals surface area contributed by atoms with Crippen LogP contribution in [0.1, 0.15) is 13.0 Å². The van der Waals surface area contributed by atoms with Gasteiger partial charge < -0.3 is 10.5 Å². The van der Waals surface area contributed by atoms with Crippen LogP contribution in [0.15, 0.2) is 18.2 Å². The van der Waals surface area contributed by atoms with E-state index in [0.29, 0.717) is 11.7 Å². The summed E-state index contributed by atoms with van der Waals surface area (Å²) in [6, 6.07) is 5.80. The smallest absolute Gasteiger partial charge is 0.158 e. The Morgan fingerprint density at radius 1 is 1.56 bits per heavy atom. The number of halogens is 1. The molecule has 2 aromatic rings. The first kappa shape index (κ1) is 11.2. The van der Waals surface area contributed by atoms with Crippen molar-refractivity contribution < 1.29 is 4.74 Å². The van der Waals surface area contributed by atoms with Gasteiger partial charge >= 0.3 is 0 Å². The van der Waals surface area contributed by atoms with E-state index in [0.717, 1.165) is 16.7 Å². The van der Waals surface area contributed by atoms with Crippen LogP contribution in [0.3, 0.4) is 0 Å². The Hall–Kier alpha value is -1.26. The Balaban J connectivity index is 2.65. The van der Waals surface area contributed by atoms with Crippen molar-refractivity contribution in [3.63, 3.8) is 0 Å². The highest BCUT2D eigenvalue weighted by atomic mass is 35.5. The van der Waals surface area contributed by atoms with E-state index in [1.54, 1.807) is 7.11 Å². The Morgan fingerprint density at radius 2 is 2.31 bits per heavy atom. The Morgan fingerprint density at radius 3 is 2.94 bits per heavy atom. The van der Waals surface area contributed by atoms with Gasteiger partial charge in [-0.15, -0.1) is 0 Å². The molecule has 0 radical (unpaired) electrons. The summed E-state index contributed by atoms with van der Waals surface area (Å²) in [6.45, 7) is 2.52. The molecule has 16 heavy (non-hydrogen) atoms. The second-order valence-electron chi connectivity index (χ2n) is 3.70. The first-order valence-corrected chi connectivity index (χ1v) is 5.47. The lowest BCUT2D eigenvalue weighted by atomic mass is 10.2. The fraction of sp³-hybridized carbons (Fsp3) is 0.364. The highest BCUT2D eigenvalue weighted by molar-refractivity contribution is 6.34. The number of aromatic nitrogens is 2. The molecule has 86 valence electrons. The van der Waals surface area contributed by atoms with Gasteiger partial charge in [0.25, 0.3) is 0 Å². The van der Waals surface area contributed by atoms with Crippen LogP contribution in [-0.2, 0) is 0 Å². The van der Waals surface area contributed by atoms with Crippen molar-refractivity contribution in [3.05, 3.63) is 23.4 Å². The Labute approximate surface area is 98.9 Å². The van der Waals surface area contributed by atoms with Gasteiger partial charge in [-0.3, -0.25) is 4.68 Å². The second kappa shape index (κ2) is 4.31. The Bertz CT molecular complexity index is 509. The predicted molar refractivity (Wildman–Crippen MR) is 65.1 cm³/mol. The number of nitrogens with two attached hydrogens (primary N) is 1. The molecule has 0 saturated carbocycles. The average Bonchev–Trinajstić information content (AvgIpc) is 2.65. The van der Waals surface area contributed by atoms with Gasteiger partial charge in [-0.1, -0.05) is 11.6 Å². The minimum absolute atomic E-state index is 0.113. The molecule has 4 nitrogen and oxygen atoms in total. The number of hydrogen-bond acceptors (Lipinski definition) is 3. The largest absolute Gasteiger partial charge is 0.497 e. The van der Waals surface area contributed by atoms with Crippen LogP contribution >= 0.6 is 11.6 Å². The van der Waals surface area contributed by atoms with Gasteiger partial charge in [-0.25, -0.2) is 0 Å². The van der Waals surface area contributed by atoms with Gasteiger partial charge in [-0.2, -0.15) is 5.10 Å². The number of nitrogens with zero attached hydrogens (tertiary/aromatic N) is 2. The molecule has 5 heteroatoms. The monoisotopic (exact) mass is 239 g/mol. The molecule has 0 aliphatic carbocycles. The summed E-state index contributed by atoms with van der Waals surface area (Å²) in [5.74, 6) is 0.787. The molecule has 0 fully saturated rings. The summed E-state index contributed by atoms with van der Waals surface area (Å²) in [5, 5.41) is 5.70. The molecule has 0 aliphatic rings. The van der Waals surface area contributed by atoms with Crippen LogP contribution in [-0.4, -0.2) is 23.4 Å². The first-order chi connectivity index (χ1) is 7.67. The average molecular weight is 240 g/mol. The van der Waals surface area contributed by atoms with Gasteiger partial charge in [0, 0.05) is 18.0 Å². The molecule has 1 atom stereocenters. The van der Waals surface area contributed by atoms with Crippen molar-refractivity contribution in [2.75, 3.05) is 13.7 Å². The minimum Gasteiger partial charge on any atom is -0.497 e. The van der Waals surface area contributed by atoms with Crippen LogP contribution in [0.25, 0.3) is 10.9 Å². The molecule has 0 amide bonds. The topological polar surface area (TPSA) is 53.1 Å². The van der Waals surface area contributed by atoms with Crippen LogP contribution in [0.5, 0.6) is 5.75 Å². The van der Waals surface area contributed by atoms with Crippen LogP contribution in [0.4, 0.5) is 0 Å². The lowest BCUT2D eigenvalue weighted by Gasteiger charge is -2.10. The van der Waals surface area contributed by atoms with Crippen molar-refractivity contribution in [1.82, 2.24) is 9.78 Å². The number of rotatable bonds is 3. The second-order valence-corrected chi connectivity index (χ2v) is 4.06. The molecule has 0 saturated heterocycles. The molecular formula is C11H14ClN3O. The molecule has 1 unspecified atom stereocenters.